The third-order valence-corrected chi connectivity index (χ3v) is 5.00. The van der Waals surface area contributed by atoms with Crippen LogP contribution < -0.4 is 4.74 Å². The highest BCUT2D eigenvalue weighted by atomic mass is 79.9. The zero-order valence-corrected chi connectivity index (χ0v) is 12.2. The average Bonchev–Trinajstić information content (AvgIpc) is 2.26. The molecule has 0 aliphatic carbocycles. The Morgan fingerprint density at radius 1 is 1.41 bits per heavy atom. The van der Waals surface area contributed by atoms with E-state index < -0.39 is 10.0 Å². The number of ether oxygens (including phenoxy) is 1. The number of sulfonamides is 1. The summed E-state index contributed by atoms with van der Waals surface area (Å²) in [4.78, 5) is 0.0576. The van der Waals surface area contributed by atoms with E-state index in [1.54, 1.807) is 6.07 Å². The molecule has 1 N–H and O–H groups in total. The average molecular weight is 324 g/mol. The topological polar surface area (TPSA) is 66.8 Å². The molecule has 17 heavy (non-hydrogen) atoms. The van der Waals surface area contributed by atoms with Crippen molar-refractivity contribution in [2.45, 2.75) is 11.5 Å². The van der Waals surface area contributed by atoms with Gasteiger partial charge in [-0.3, -0.25) is 0 Å². The maximum atomic E-state index is 12.1. The van der Waals surface area contributed by atoms with E-state index in [9.17, 15) is 8.42 Å². The van der Waals surface area contributed by atoms with E-state index in [1.807, 2.05) is 0 Å². The van der Waals surface area contributed by atoms with Crippen LogP contribution in [0.3, 0.4) is 0 Å². The number of benzene rings is 1. The van der Waals surface area contributed by atoms with Crippen LogP contribution in [0, 0.1) is 0 Å². The molecule has 1 rings (SSSR count). The number of hydrogen-bond acceptors (Lipinski definition) is 4. The fourth-order valence-electron chi connectivity index (χ4n) is 1.30. The largest absolute Gasteiger partial charge is 0.495 e. The quantitative estimate of drug-likeness (QED) is 0.904. The number of aliphatic hydroxyl groups excluding tert-OH is 1. The van der Waals surface area contributed by atoms with Gasteiger partial charge in [0.05, 0.1) is 13.7 Å². The highest BCUT2D eigenvalue weighted by molar-refractivity contribution is 9.10. The second kappa shape index (κ2) is 5.34. The first-order valence-electron chi connectivity index (χ1n) is 4.74. The molecule has 0 bridgehead atoms. The molecule has 0 amide bonds. The van der Waals surface area contributed by atoms with Crippen LogP contribution in [-0.4, -0.2) is 39.0 Å². The van der Waals surface area contributed by atoms with E-state index in [1.165, 1.54) is 27.3 Å². The fourth-order valence-corrected chi connectivity index (χ4v) is 3.47. The summed E-state index contributed by atoms with van der Waals surface area (Å²) in [5, 5.41) is 9.05. The Morgan fingerprint density at radius 2 is 2.00 bits per heavy atom. The molecule has 0 spiro atoms. The van der Waals surface area contributed by atoms with Crippen LogP contribution in [0.1, 0.15) is 5.56 Å². The second-order valence-corrected chi connectivity index (χ2v) is 6.50. The molecule has 0 unspecified atom stereocenters. The number of nitrogens with zero attached hydrogens (tertiary/aromatic N) is 1. The zero-order valence-electron chi connectivity index (χ0n) is 9.77. The molecule has 0 fully saturated rings. The highest BCUT2D eigenvalue weighted by Crippen LogP contribution is 2.34. The van der Waals surface area contributed by atoms with Gasteiger partial charge in [-0.05, 0) is 33.6 Å². The summed E-state index contributed by atoms with van der Waals surface area (Å²) < 4.78 is 30.7. The Labute approximate surface area is 109 Å². The van der Waals surface area contributed by atoms with Crippen molar-refractivity contribution in [3.63, 3.8) is 0 Å². The van der Waals surface area contributed by atoms with E-state index in [0.29, 0.717) is 10.0 Å². The van der Waals surface area contributed by atoms with Gasteiger partial charge in [0.15, 0.2) is 0 Å². The van der Waals surface area contributed by atoms with Crippen molar-refractivity contribution >= 4 is 26.0 Å². The number of aliphatic hydroxyl groups is 1. The lowest BCUT2D eigenvalue weighted by Gasteiger charge is -2.16. The van der Waals surface area contributed by atoms with Gasteiger partial charge in [0, 0.05) is 18.6 Å². The monoisotopic (exact) mass is 323 g/mol. The Hall–Kier alpha value is -0.630. The minimum absolute atomic E-state index is 0.0576. The molecule has 0 saturated heterocycles. The van der Waals surface area contributed by atoms with Crippen molar-refractivity contribution in [1.29, 1.82) is 0 Å². The molecule has 0 aromatic heterocycles. The lowest BCUT2D eigenvalue weighted by Crippen LogP contribution is -2.23. The summed E-state index contributed by atoms with van der Waals surface area (Å²) >= 11 is 3.19. The van der Waals surface area contributed by atoms with Gasteiger partial charge in [0.1, 0.15) is 10.6 Å². The van der Waals surface area contributed by atoms with Gasteiger partial charge in [-0.15, -0.1) is 0 Å². The van der Waals surface area contributed by atoms with Gasteiger partial charge in [0.25, 0.3) is 0 Å². The molecule has 0 aliphatic heterocycles. The zero-order chi connectivity index (χ0) is 13.2. The lowest BCUT2D eigenvalue weighted by molar-refractivity contribution is 0.280. The Bertz CT molecular complexity index is 513. The fraction of sp³-hybridized carbons (Fsp3) is 0.400. The lowest BCUT2D eigenvalue weighted by atomic mass is 10.2. The Kier molecular flexibility index (Phi) is 4.54. The van der Waals surface area contributed by atoms with Crippen molar-refractivity contribution in [3.8, 4) is 5.75 Å². The minimum Gasteiger partial charge on any atom is -0.495 e. The molecule has 0 heterocycles. The van der Waals surface area contributed by atoms with Gasteiger partial charge >= 0.3 is 0 Å². The minimum atomic E-state index is -3.60. The maximum absolute atomic E-state index is 12.1. The van der Waals surface area contributed by atoms with E-state index >= 15 is 0 Å². The molecule has 0 saturated carbocycles. The van der Waals surface area contributed by atoms with Gasteiger partial charge in [-0.25, -0.2) is 12.7 Å². The first kappa shape index (κ1) is 14.4. The summed E-state index contributed by atoms with van der Waals surface area (Å²) in [5.41, 5.74) is 0.575. The van der Waals surface area contributed by atoms with Crippen LogP contribution in [0.25, 0.3) is 0 Å². The molecule has 0 aliphatic rings. The van der Waals surface area contributed by atoms with Crippen LogP contribution >= 0.6 is 15.9 Å². The summed E-state index contributed by atoms with van der Waals surface area (Å²) in [6.07, 6.45) is 0. The number of rotatable bonds is 4. The van der Waals surface area contributed by atoms with Crippen molar-refractivity contribution in [2.75, 3.05) is 21.2 Å². The Morgan fingerprint density at radius 3 is 2.41 bits per heavy atom. The van der Waals surface area contributed by atoms with E-state index in [4.69, 9.17) is 9.84 Å². The van der Waals surface area contributed by atoms with Crippen LogP contribution in [0.4, 0.5) is 0 Å². The molecule has 0 atom stereocenters. The first-order chi connectivity index (χ1) is 7.84. The molecule has 1 aromatic carbocycles. The van der Waals surface area contributed by atoms with Gasteiger partial charge < -0.3 is 9.84 Å². The van der Waals surface area contributed by atoms with Crippen LogP contribution in [0.15, 0.2) is 21.5 Å². The highest BCUT2D eigenvalue weighted by Gasteiger charge is 2.25. The number of halogens is 1. The standard InChI is InChI=1S/C10H14BrNO4S/c1-12(2)17(14,15)10-8(11)4-7(6-13)5-9(10)16-3/h4-5,13H,6H2,1-3H3. The molecular formula is C10H14BrNO4S. The van der Waals surface area contributed by atoms with Crippen molar-refractivity contribution < 1.29 is 18.3 Å². The second-order valence-electron chi connectivity index (χ2n) is 3.55. The van der Waals surface area contributed by atoms with Gasteiger partial charge in [-0.1, -0.05) is 0 Å². The third-order valence-electron chi connectivity index (χ3n) is 2.21. The van der Waals surface area contributed by atoms with Crippen LogP contribution in [-0.2, 0) is 16.6 Å². The molecule has 0 radical (unpaired) electrons. The van der Waals surface area contributed by atoms with Crippen molar-refractivity contribution in [3.05, 3.63) is 22.2 Å². The first-order valence-corrected chi connectivity index (χ1v) is 6.97. The van der Waals surface area contributed by atoms with E-state index in [2.05, 4.69) is 15.9 Å². The normalized spacial score (nSPS) is 11.9. The molecule has 5 nitrogen and oxygen atoms in total. The van der Waals surface area contributed by atoms with Crippen molar-refractivity contribution in [1.82, 2.24) is 4.31 Å². The Balaban J connectivity index is 3.54. The van der Waals surface area contributed by atoms with Gasteiger partial charge in [0.2, 0.25) is 10.0 Å². The number of methoxy groups -OCH3 is 1. The summed E-state index contributed by atoms with van der Waals surface area (Å²) in [7, 11) is 0.682. The molecule has 96 valence electrons. The third kappa shape index (κ3) is 2.79. The predicted octanol–water partition coefficient (Wildman–Crippen LogP) is 1.20. The van der Waals surface area contributed by atoms with Crippen molar-refractivity contribution in [2.24, 2.45) is 0 Å². The van der Waals surface area contributed by atoms with E-state index in [-0.39, 0.29) is 17.3 Å². The molecule has 1 aromatic rings. The summed E-state index contributed by atoms with van der Waals surface area (Å²) in [6, 6.07) is 3.06. The maximum Gasteiger partial charge on any atom is 0.247 e. The summed E-state index contributed by atoms with van der Waals surface area (Å²) in [6.45, 7) is -0.183. The SMILES string of the molecule is COc1cc(CO)cc(Br)c1S(=O)(=O)N(C)C. The predicted molar refractivity (Wildman–Crippen MR) is 67.5 cm³/mol. The number of hydrogen-bond donors (Lipinski definition) is 1. The smallest absolute Gasteiger partial charge is 0.247 e. The van der Waals surface area contributed by atoms with Crippen LogP contribution in [0.2, 0.25) is 0 Å². The van der Waals surface area contributed by atoms with E-state index in [0.717, 1.165) is 4.31 Å². The van der Waals surface area contributed by atoms with Crippen LogP contribution in [0.5, 0.6) is 5.75 Å². The molecular weight excluding hydrogens is 310 g/mol. The van der Waals surface area contributed by atoms with Gasteiger partial charge in [-0.2, -0.15) is 0 Å². The summed E-state index contributed by atoms with van der Waals surface area (Å²) in [5.74, 6) is 0.206. The molecule has 7 heteroatoms.